The van der Waals surface area contributed by atoms with Gasteiger partial charge < -0.3 is 0 Å². The van der Waals surface area contributed by atoms with E-state index in [1.54, 1.807) is 12.1 Å². The molecule has 84 valence electrons. The number of rotatable bonds is 1. The molecule has 3 nitrogen and oxygen atoms in total. The van der Waals surface area contributed by atoms with Gasteiger partial charge in [-0.2, -0.15) is 0 Å². The van der Waals surface area contributed by atoms with E-state index < -0.39 is 9.05 Å². The summed E-state index contributed by atoms with van der Waals surface area (Å²) in [5.74, 6) is 0. The molecule has 0 fully saturated rings. The van der Waals surface area contributed by atoms with Crippen LogP contribution in [-0.4, -0.2) is 13.4 Å². The minimum absolute atomic E-state index is 0.0207. The molecule has 0 saturated carbocycles. The summed E-state index contributed by atoms with van der Waals surface area (Å²) in [4.78, 5) is 3.80. The Labute approximate surface area is 106 Å². The molecule has 16 heavy (non-hydrogen) atoms. The number of pyridine rings is 1. The average molecular weight is 297 g/mol. The molecule has 1 aromatic carbocycles. The van der Waals surface area contributed by atoms with Gasteiger partial charge in [0.05, 0.1) is 4.90 Å². The Morgan fingerprint density at radius 1 is 1.12 bits per heavy atom. The van der Waals surface area contributed by atoms with Crippen LogP contribution in [0.15, 0.2) is 29.2 Å². The molecule has 0 bridgehead atoms. The lowest BCUT2D eigenvalue weighted by Crippen LogP contribution is -1.91. The molecule has 2 rings (SSSR count). The third-order valence-electron chi connectivity index (χ3n) is 2.01. The van der Waals surface area contributed by atoms with E-state index in [-0.39, 0.29) is 15.2 Å². The summed E-state index contributed by atoms with van der Waals surface area (Å²) >= 11 is 11.6. The van der Waals surface area contributed by atoms with Crippen LogP contribution in [0.4, 0.5) is 0 Å². The molecular formula is C9H4Cl3NO2S. The number of nitrogens with zero attached hydrogens (tertiary/aromatic N) is 1. The van der Waals surface area contributed by atoms with Crippen molar-refractivity contribution in [3.63, 3.8) is 0 Å². The van der Waals surface area contributed by atoms with Gasteiger partial charge in [0.1, 0.15) is 10.3 Å². The smallest absolute Gasteiger partial charge is 0.224 e. The number of benzene rings is 1. The van der Waals surface area contributed by atoms with Crippen LogP contribution in [0, 0.1) is 0 Å². The monoisotopic (exact) mass is 295 g/mol. The average Bonchev–Trinajstić information content (AvgIpc) is 2.15. The third kappa shape index (κ3) is 2.25. The molecule has 0 radical (unpaired) electrons. The minimum atomic E-state index is -3.77. The molecule has 0 aliphatic carbocycles. The van der Waals surface area contributed by atoms with E-state index in [4.69, 9.17) is 33.9 Å². The quantitative estimate of drug-likeness (QED) is 0.598. The zero-order valence-electron chi connectivity index (χ0n) is 7.62. The summed E-state index contributed by atoms with van der Waals surface area (Å²) in [7, 11) is 1.46. The van der Waals surface area contributed by atoms with Crippen molar-refractivity contribution in [1.29, 1.82) is 0 Å². The molecule has 0 atom stereocenters. The third-order valence-corrected chi connectivity index (χ3v) is 3.84. The van der Waals surface area contributed by atoms with Gasteiger partial charge in [0.2, 0.25) is 0 Å². The molecule has 7 heteroatoms. The predicted molar refractivity (Wildman–Crippen MR) is 64.8 cm³/mol. The first-order valence-corrected chi connectivity index (χ1v) is 7.15. The molecular weight excluding hydrogens is 293 g/mol. The Bertz CT molecular complexity index is 670. The van der Waals surface area contributed by atoms with Crippen molar-refractivity contribution in [2.24, 2.45) is 0 Å². The van der Waals surface area contributed by atoms with Crippen LogP contribution in [0.25, 0.3) is 10.8 Å². The van der Waals surface area contributed by atoms with E-state index >= 15 is 0 Å². The second kappa shape index (κ2) is 4.04. The zero-order chi connectivity index (χ0) is 11.9. The molecule has 0 N–H and O–H groups in total. The summed E-state index contributed by atoms with van der Waals surface area (Å²) in [6, 6.07) is 5.91. The molecule has 0 spiro atoms. The number of aromatic nitrogens is 1. The van der Waals surface area contributed by atoms with Crippen LogP contribution in [0.3, 0.4) is 0 Å². The van der Waals surface area contributed by atoms with E-state index in [1.807, 2.05) is 0 Å². The lowest BCUT2D eigenvalue weighted by molar-refractivity contribution is 0.609. The van der Waals surface area contributed by atoms with Gasteiger partial charge in [-0.05, 0) is 23.6 Å². The second-order valence-corrected chi connectivity index (χ2v) is 6.37. The Morgan fingerprint density at radius 3 is 2.44 bits per heavy atom. The van der Waals surface area contributed by atoms with Crippen molar-refractivity contribution in [1.82, 2.24) is 4.98 Å². The first-order valence-electron chi connectivity index (χ1n) is 4.08. The van der Waals surface area contributed by atoms with Gasteiger partial charge >= 0.3 is 0 Å². The molecule has 0 unspecified atom stereocenters. The van der Waals surface area contributed by atoms with Crippen LogP contribution in [0.2, 0.25) is 10.3 Å². The van der Waals surface area contributed by atoms with Crippen molar-refractivity contribution in [2.45, 2.75) is 4.90 Å². The summed E-state index contributed by atoms with van der Waals surface area (Å²) < 4.78 is 22.3. The zero-order valence-corrected chi connectivity index (χ0v) is 10.7. The van der Waals surface area contributed by atoms with Crippen molar-refractivity contribution < 1.29 is 8.42 Å². The maximum atomic E-state index is 11.1. The predicted octanol–water partition coefficient (Wildman–Crippen LogP) is 3.47. The summed E-state index contributed by atoms with van der Waals surface area (Å²) in [6.45, 7) is 0. The van der Waals surface area contributed by atoms with E-state index in [0.29, 0.717) is 10.8 Å². The maximum absolute atomic E-state index is 11.1. The number of hydrogen-bond donors (Lipinski definition) is 0. The van der Waals surface area contributed by atoms with Crippen molar-refractivity contribution in [3.05, 3.63) is 34.6 Å². The Kier molecular flexibility index (Phi) is 3.01. The van der Waals surface area contributed by atoms with Gasteiger partial charge in [-0.15, -0.1) is 0 Å². The molecule has 0 aliphatic rings. The fraction of sp³-hybridized carbons (Fsp3) is 0. The second-order valence-electron chi connectivity index (χ2n) is 3.06. The summed E-state index contributed by atoms with van der Waals surface area (Å²) in [6.07, 6.45) is 0. The van der Waals surface area contributed by atoms with Crippen molar-refractivity contribution in [3.8, 4) is 0 Å². The van der Waals surface area contributed by atoms with Crippen LogP contribution >= 0.6 is 33.9 Å². The van der Waals surface area contributed by atoms with Crippen LogP contribution in [-0.2, 0) is 9.05 Å². The molecule has 0 amide bonds. The normalized spacial score (nSPS) is 11.9. The lowest BCUT2D eigenvalue weighted by atomic mass is 10.2. The van der Waals surface area contributed by atoms with Crippen LogP contribution in [0.1, 0.15) is 0 Å². The Hall–Kier alpha value is -0.550. The molecule has 1 heterocycles. The van der Waals surface area contributed by atoms with Gasteiger partial charge in [0.15, 0.2) is 0 Å². The number of fused-ring (bicyclic) bond motifs is 1. The standard InChI is InChI=1S/C9H4Cl3NO2S/c10-8-3-5-1-2-6(16(12,14)15)4-7(5)9(11)13-8/h1-4H. The number of halogens is 3. The van der Waals surface area contributed by atoms with Crippen LogP contribution in [0.5, 0.6) is 0 Å². The van der Waals surface area contributed by atoms with Gasteiger partial charge in [-0.3, -0.25) is 0 Å². The fourth-order valence-electron chi connectivity index (χ4n) is 1.31. The SMILES string of the molecule is O=S(=O)(Cl)c1ccc2cc(Cl)nc(Cl)c2c1. The van der Waals surface area contributed by atoms with Gasteiger partial charge in [0.25, 0.3) is 9.05 Å². The van der Waals surface area contributed by atoms with Gasteiger partial charge in [0, 0.05) is 16.1 Å². The first kappa shape index (κ1) is 11.9. The Balaban J connectivity index is 2.82. The van der Waals surface area contributed by atoms with Crippen LogP contribution < -0.4 is 0 Å². The largest absolute Gasteiger partial charge is 0.261 e. The molecule has 0 saturated heterocycles. The number of hydrogen-bond acceptors (Lipinski definition) is 3. The molecule has 1 aromatic heterocycles. The van der Waals surface area contributed by atoms with Crippen molar-refractivity contribution >= 4 is 53.7 Å². The minimum Gasteiger partial charge on any atom is -0.224 e. The fourth-order valence-corrected chi connectivity index (χ4v) is 2.58. The first-order chi connectivity index (χ1) is 7.38. The highest BCUT2D eigenvalue weighted by atomic mass is 35.7. The maximum Gasteiger partial charge on any atom is 0.261 e. The molecule has 0 aliphatic heterocycles. The highest BCUT2D eigenvalue weighted by molar-refractivity contribution is 8.13. The topological polar surface area (TPSA) is 47.0 Å². The Morgan fingerprint density at radius 2 is 1.81 bits per heavy atom. The van der Waals surface area contributed by atoms with Gasteiger partial charge in [-0.1, -0.05) is 29.3 Å². The summed E-state index contributed by atoms with van der Waals surface area (Å²) in [5, 5.41) is 1.59. The van der Waals surface area contributed by atoms with E-state index in [1.165, 1.54) is 12.1 Å². The van der Waals surface area contributed by atoms with Crippen molar-refractivity contribution in [2.75, 3.05) is 0 Å². The van der Waals surface area contributed by atoms with E-state index in [2.05, 4.69) is 4.98 Å². The molecule has 2 aromatic rings. The lowest BCUT2D eigenvalue weighted by Gasteiger charge is -2.02. The summed E-state index contributed by atoms with van der Waals surface area (Å²) in [5.41, 5.74) is 0. The van der Waals surface area contributed by atoms with E-state index in [9.17, 15) is 8.42 Å². The van der Waals surface area contributed by atoms with E-state index in [0.717, 1.165) is 0 Å². The highest BCUT2D eigenvalue weighted by Crippen LogP contribution is 2.28. The highest BCUT2D eigenvalue weighted by Gasteiger charge is 2.12. The van der Waals surface area contributed by atoms with Gasteiger partial charge in [-0.25, -0.2) is 13.4 Å².